The Morgan fingerprint density at radius 3 is 2.63 bits per heavy atom. The second kappa shape index (κ2) is 9.49. The van der Waals surface area contributed by atoms with Crippen LogP contribution in [0.3, 0.4) is 0 Å². The molecule has 2 aliphatic rings. The summed E-state index contributed by atoms with van der Waals surface area (Å²) in [6.45, 7) is 5.45. The lowest BCUT2D eigenvalue weighted by molar-refractivity contribution is -0.116. The molecule has 0 bridgehead atoms. The molecule has 0 saturated carbocycles. The maximum absolute atomic E-state index is 12.3. The molecule has 1 amide bonds. The summed E-state index contributed by atoms with van der Waals surface area (Å²) in [7, 11) is 4.01. The molecular formula is C24H31N3O3. The van der Waals surface area contributed by atoms with Crippen LogP contribution in [-0.4, -0.2) is 64.4 Å². The first-order valence-electron chi connectivity index (χ1n) is 10.7. The van der Waals surface area contributed by atoms with Crippen molar-refractivity contribution >= 4 is 17.3 Å². The molecule has 1 atom stereocenters. The average Bonchev–Trinajstić information content (AvgIpc) is 2.77. The van der Waals surface area contributed by atoms with Crippen LogP contribution >= 0.6 is 0 Å². The predicted molar refractivity (Wildman–Crippen MR) is 120 cm³/mol. The van der Waals surface area contributed by atoms with Gasteiger partial charge in [0.05, 0.1) is 19.8 Å². The second-order valence-electron chi connectivity index (χ2n) is 8.20. The summed E-state index contributed by atoms with van der Waals surface area (Å²) in [4.78, 5) is 16.8. The Bertz CT molecular complexity index is 860. The fourth-order valence-electron chi connectivity index (χ4n) is 4.13. The zero-order valence-corrected chi connectivity index (χ0v) is 17.9. The van der Waals surface area contributed by atoms with Crippen LogP contribution in [0.25, 0.3) is 0 Å². The van der Waals surface area contributed by atoms with E-state index in [0.717, 1.165) is 62.0 Å². The Labute approximate surface area is 178 Å². The molecule has 2 heterocycles. The second-order valence-corrected chi connectivity index (χ2v) is 8.20. The molecule has 0 radical (unpaired) electrons. The van der Waals surface area contributed by atoms with Crippen LogP contribution in [0, 0.1) is 0 Å². The van der Waals surface area contributed by atoms with Crippen molar-refractivity contribution in [2.75, 3.05) is 63.8 Å². The van der Waals surface area contributed by atoms with Gasteiger partial charge in [0, 0.05) is 57.4 Å². The van der Waals surface area contributed by atoms with Crippen LogP contribution < -0.4 is 15.0 Å². The number of carbonyl (C=O) groups is 1. The molecule has 1 fully saturated rings. The quantitative estimate of drug-likeness (QED) is 0.711. The molecular weight excluding hydrogens is 378 g/mol. The number of hydrogen-bond donors (Lipinski definition) is 1. The molecule has 4 rings (SSSR count). The molecule has 2 aromatic carbocycles. The molecule has 0 aromatic heterocycles. The van der Waals surface area contributed by atoms with Crippen LogP contribution in [0.4, 0.5) is 11.4 Å². The highest BCUT2D eigenvalue weighted by atomic mass is 16.5. The Balaban J connectivity index is 1.37. The van der Waals surface area contributed by atoms with Gasteiger partial charge in [-0.15, -0.1) is 0 Å². The van der Waals surface area contributed by atoms with Crippen LogP contribution in [0.2, 0.25) is 0 Å². The van der Waals surface area contributed by atoms with Crippen molar-refractivity contribution < 1.29 is 14.3 Å². The smallest absolute Gasteiger partial charge is 0.225 e. The van der Waals surface area contributed by atoms with E-state index in [2.05, 4.69) is 34.5 Å². The summed E-state index contributed by atoms with van der Waals surface area (Å²) < 4.78 is 11.3. The van der Waals surface area contributed by atoms with Crippen LogP contribution in [0.15, 0.2) is 42.5 Å². The molecule has 160 valence electrons. The highest BCUT2D eigenvalue weighted by molar-refractivity contribution is 5.96. The van der Waals surface area contributed by atoms with Crippen molar-refractivity contribution in [3.63, 3.8) is 0 Å². The van der Waals surface area contributed by atoms with Crippen molar-refractivity contribution in [2.45, 2.75) is 18.8 Å². The Morgan fingerprint density at radius 1 is 1.13 bits per heavy atom. The van der Waals surface area contributed by atoms with Crippen LogP contribution in [-0.2, 0) is 9.53 Å². The van der Waals surface area contributed by atoms with Gasteiger partial charge in [0.25, 0.3) is 0 Å². The van der Waals surface area contributed by atoms with Gasteiger partial charge in [-0.25, -0.2) is 0 Å². The first-order valence-corrected chi connectivity index (χ1v) is 10.7. The van der Waals surface area contributed by atoms with Gasteiger partial charge in [-0.2, -0.15) is 0 Å². The van der Waals surface area contributed by atoms with Gasteiger partial charge < -0.3 is 19.7 Å². The number of rotatable bonds is 7. The van der Waals surface area contributed by atoms with Gasteiger partial charge in [0.1, 0.15) is 5.75 Å². The van der Waals surface area contributed by atoms with E-state index < -0.39 is 0 Å². The van der Waals surface area contributed by atoms with Crippen molar-refractivity contribution in [3.05, 3.63) is 53.6 Å². The monoisotopic (exact) mass is 409 g/mol. The molecule has 1 N–H and O–H groups in total. The number of nitrogens with zero attached hydrogens (tertiary/aromatic N) is 2. The van der Waals surface area contributed by atoms with E-state index in [9.17, 15) is 4.79 Å². The Hall–Kier alpha value is -2.57. The minimum atomic E-state index is 0.0619. The molecule has 0 aliphatic carbocycles. The fourth-order valence-corrected chi connectivity index (χ4v) is 4.13. The summed E-state index contributed by atoms with van der Waals surface area (Å²) in [5.41, 5.74) is 4.30. The van der Waals surface area contributed by atoms with Gasteiger partial charge in [-0.1, -0.05) is 18.2 Å². The minimum Gasteiger partial charge on any atom is -0.494 e. The fraction of sp³-hybridized carbons (Fsp3) is 0.458. The summed E-state index contributed by atoms with van der Waals surface area (Å²) >= 11 is 0. The minimum absolute atomic E-state index is 0.0619. The number of ether oxygens (including phenoxy) is 2. The molecule has 1 saturated heterocycles. The van der Waals surface area contributed by atoms with Crippen molar-refractivity contribution in [3.8, 4) is 5.75 Å². The van der Waals surface area contributed by atoms with Gasteiger partial charge >= 0.3 is 0 Å². The maximum Gasteiger partial charge on any atom is 0.225 e. The normalized spacial score (nSPS) is 19.1. The largest absolute Gasteiger partial charge is 0.494 e. The third-order valence-corrected chi connectivity index (χ3v) is 5.87. The summed E-state index contributed by atoms with van der Waals surface area (Å²) in [6, 6.07) is 14.5. The van der Waals surface area contributed by atoms with Crippen LogP contribution in [0.1, 0.15) is 29.9 Å². The van der Waals surface area contributed by atoms with E-state index in [4.69, 9.17) is 9.47 Å². The Morgan fingerprint density at radius 2 is 1.90 bits per heavy atom. The van der Waals surface area contributed by atoms with E-state index in [1.807, 2.05) is 37.2 Å². The maximum atomic E-state index is 12.3. The lowest BCUT2D eigenvalue weighted by atomic mass is 9.84. The van der Waals surface area contributed by atoms with E-state index in [-0.39, 0.29) is 11.8 Å². The van der Waals surface area contributed by atoms with E-state index in [1.54, 1.807) is 0 Å². The zero-order chi connectivity index (χ0) is 20.9. The van der Waals surface area contributed by atoms with Crippen molar-refractivity contribution in [1.82, 2.24) is 4.90 Å². The first kappa shape index (κ1) is 20.7. The number of benzene rings is 2. The SMILES string of the molecule is CN(C)c1ccc2c(c1)NC(=O)CC2c1ccc(OCCCN2CCOCC2)cc1. The molecule has 6 nitrogen and oxygen atoms in total. The van der Waals surface area contributed by atoms with E-state index in [1.165, 1.54) is 5.56 Å². The highest BCUT2D eigenvalue weighted by Crippen LogP contribution is 2.39. The summed E-state index contributed by atoms with van der Waals surface area (Å²) in [6.07, 6.45) is 1.47. The number of amides is 1. The number of nitrogens with one attached hydrogen (secondary N) is 1. The summed E-state index contributed by atoms with van der Waals surface area (Å²) in [5.74, 6) is 1.01. The van der Waals surface area contributed by atoms with Crippen molar-refractivity contribution in [2.24, 2.45) is 0 Å². The summed E-state index contributed by atoms with van der Waals surface area (Å²) in [5, 5.41) is 3.03. The number of carbonyl (C=O) groups excluding carboxylic acids is 1. The van der Waals surface area contributed by atoms with Gasteiger partial charge in [0.15, 0.2) is 0 Å². The molecule has 0 spiro atoms. The predicted octanol–water partition coefficient (Wildman–Crippen LogP) is 3.33. The number of anilines is 2. The number of hydrogen-bond acceptors (Lipinski definition) is 5. The third-order valence-electron chi connectivity index (χ3n) is 5.87. The molecule has 1 unspecified atom stereocenters. The average molecular weight is 410 g/mol. The van der Waals surface area contributed by atoms with E-state index in [0.29, 0.717) is 13.0 Å². The van der Waals surface area contributed by atoms with Crippen LogP contribution in [0.5, 0.6) is 5.75 Å². The first-order chi connectivity index (χ1) is 14.6. The molecule has 6 heteroatoms. The lowest BCUT2D eigenvalue weighted by Gasteiger charge is -2.27. The number of fused-ring (bicyclic) bond motifs is 1. The molecule has 2 aromatic rings. The highest BCUT2D eigenvalue weighted by Gasteiger charge is 2.26. The lowest BCUT2D eigenvalue weighted by Crippen LogP contribution is -2.37. The Kier molecular flexibility index (Phi) is 6.55. The zero-order valence-electron chi connectivity index (χ0n) is 17.9. The molecule has 2 aliphatic heterocycles. The number of morpholine rings is 1. The van der Waals surface area contributed by atoms with Gasteiger partial charge in [-0.3, -0.25) is 9.69 Å². The molecule has 30 heavy (non-hydrogen) atoms. The van der Waals surface area contributed by atoms with Gasteiger partial charge in [-0.05, 0) is 41.8 Å². The third kappa shape index (κ3) is 4.94. The standard InChI is InChI=1S/C24H31N3O3/c1-26(2)19-6-9-21-22(17-24(28)25-23(21)16-19)18-4-7-20(8-5-18)30-13-3-10-27-11-14-29-15-12-27/h4-9,16,22H,3,10-15,17H2,1-2H3,(H,25,28). The van der Waals surface area contributed by atoms with Crippen molar-refractivity contribution in [1.29, 1.82) is 0 Å². The van der Waals surface area contributed by atoms with E-state index >= 15 is 0 Å². The topological polar surface area (TPSA) is 54.0 Å². The van der Waals surface area contributed by atoms with Gasteiger partial charge in [0.2, 0.25) is 5.91 Å².